The minimum Gasteiger partial charge on any atom is -0.316 e. The van der Waals surface area contributed by atoms with Crippen molar-refractivity contribution in [2.45, 2.75) is 20.8 Å². The van der Waals surface area contributed by atoms with Crippen LogP contribution in [0.1, 0.15) is 20.8 Å². The van der Waals surface area contributed by atoms with Crippen molar-refractivity contribution in [1.29, 1.82) is 0 Å². The Hall–Kier alpha value is -0.630. The third-order valence-electron chi connectivity index (χ3n) is 0.675. The predicted molar refractivity (Wildman–Crippen MR) is 45.1 cm³/mol. The smallest absolute Gasteiger partial charge is 0.152 e. The molecule has 0 radical (unpaired) electrons. The lowest BCUT2D eigenvalue weighted by Crippen LogP contribution is -2.04. The highest BCUT2D eigenvalue weighted by Crippen LogP contribution is 1.71. The zero-order chi connectivity index (χ0) is 8.41. The Labute approximate surface area is 63.3 Å². The quantitative estimate of drug-likeness (QED) is 0.605. The molecule has 0 saturated heterocycles. The van der Waals surface area contributed by atoms with Crippen LogP contribution in [0.2, 0.25) is 0 Å². The standard InChI is InChI=1S/C6H11NO.C2H6/c1-6(8)4-3-5-7-2;1-2/h3-4,7H,5H2,1-2H3;1-2H3/b4-3+;. The van der Waals surface area contributed by atoms with E-state index < -0.39 is 0 Å². The third kappa shape index (κ3) is 15.7. The zero-order valence-electron chi connectivity index (χ0n) is 7.27. The van der Waals surface area contributed by atoms with E-state index in [4.69, 9.17) is 0 Å². The largest absolute Gasteiger partial charge is 0.316 e. The highest BCUT2D eigenvalue weighted by molar-refractivity contribution is 5.87. The number of carbonyl (C=O) groups excluding carboxylic acids is 1. The van der Waals surface area contributed by atoms with E-state index in [1.165, 1.54) is 6.92 Å². The van der Waals surface area contributed by atoms with E-state index in [1.54, 1.807) is 12.2 Å². The number of likely N-dealkylation sites (N-methyl/N-ethyl adjacent to an activating group) is 1. The van der Waals surface area contributed by atoms with Gasteiger partial charge in [-0.15, -0.1) is 0 Å². The van der Waals surface area contributed by atoms with Gasteiger partial charge in [0, 0.05) is 6.54 Å². The second kappa shape index (κ2) is 11.2. The summed E-state index contributed by atoms with van der Waals surface area (Å²) < 4.78 is 0. The van der Waals surface area contributed by atoms with Gasteiger partial charge in [-0.1, -0.05) is 19.9 Å². The number of allylic oxidation sites excluding steroid dienone is 1. The molecule has 10 heavy (non-hydrogen) atoms. The summed E-state index contributed by atoms with van der Waals surface area (Å²) in [6, 6.07) is 0. The Morgan fingerprint density at radius 2 is 2.00 bits per heavy atom. The number of ketones is 1. The van der Waals surface area contributed by atoms with Crippen LogP contribution in [0.5, 0.6) is 0 Å². The van der Waals surface area contributed by atoms with Gasteiger partial charge in [0.15, 0.2) is 5.78 Å². The number of nitrogens with one attached hydrogen (secondary N) is 1. The highest BCUT2D eigenvalue weighted by Gasteiger charge is 1.77. The van der Waals surface area contributed by atoms with Gasteiger partial charge in [0.2, 0.25) is 0 Å². The maximum absolute atomic E-state index is 10.2. The molecule has 0 aliphatic rings. The maximum atomic E-state index is 10.2. The molecule has 0 rings (SSSR count). The molecule has 0 aliphatic heterocycles. The Balaban J connectivity index is 0. The molecule has 0 bridgehead atoms. The van der Waals surface area contributed by atoms with Gasteiger partial charge in [-0.05, 0) is 20.0 Å². The van der Waals surface area contributed by atoms with Crippen molar-refractivity contribution >= 4 is 5.78 Å². The lowest BCUT2D eigenvalue weighted by atomic mass is 10.4. The molecule has 2 heteroatoms. The normalized spacial score (nSPS) is 8.80. The zero-order valence-corrected chi connectivity index (χ0v) is 7.27. The average molecular weight is 143 g/mol. The molecule has 0 unspecified atom stereocenters. The van der Waals surface area contributed by atoms with Crippen LogP contribution in [0.3, 0.4) is 0 Å². The minimum atomic E-state index is 0.0975. The fourth-order valence-corrected chi connectivity index (χ4v) is 0.343. The van der Waals surface area contributed by atoms with Crippen LogP contribution >= 0.6 is 0 Å². The molecule has 0 aromatic carbocycles. The molecule has 0 aliphatic carbocycles. The molecule has 0 saturated carbocycles. The summed E-state index contributed by atoms with van der Waals surface area (Å²) in [4.78, 5) is 10.2. The molecule has 0 fully saturated rings. The molecule has 0 amide bonds. The molecule has 0 spiro atoms. The van der Waals surface area contributed by atoms with Gasteiger partial charge >= 0.3 is 0 Å². The summed E-state index contributed by atoms with van der Waals surface area (Å²) in [7, 11) is 1.84. The first kappa shape index (κ1) is 12.1. The third-order valence-corrected chi connectivity index (χ3v) is 0.675. The van der Waals surface area contributed by atoms with Gasteiger partial charge in [-0.3, -0.25) is 4.79 Å². The van der Waals surface area contributed by atoms with E-state index in [2.05, 4.69) is 5.32 Å². The van der Waals surface area contributed by atoms with Crippen molar-refractivity contribution in [2.75, 3.05) is 13.6 Å². The fraction of sp³-hybridized carbons (Fsp3) is 0.625. The van der Waals surface area contributed by atoms with E-state index >= 15 is 0 Å². The molecule has 0 aromatic rings. The minimum absolute atomic E-state index is 0.0975. The predicted octanol–water partition coefficient (Wildman–Crippen LogP) is 1.38. The molecule has 0 aromatic heterocycles. The van der Waals surface area contributed by atoms with Gasteiger partial charge in [0.25, 0.3) is 0 Å². The summed E-state index contributed by atoms with van der Waals surface area (Å²) in [5, 5.41) is 2.88. The Morgan fingerprint density at radius 3 is 2.30 bits per heavy atom. The Bertz CT molecular complexity index is 97.4. The Morgan fingerprint density at radius 1 is 1.50 bits per heavy atom. The molecule has 2 nitrogen and oxygen atoms in total. The van der Waals surface area contributed by atoms with Crippen LogP contribution in [0.15, 0.2) is 12.2 Å². The first-order valence-corrected chi connectivity index (χ1v) is 3.59. The molecular weight excluding hydrogens is 126 g/mol. The van der Waals surface area contributed by atoms with Gasteiger partial charge in [0.05, 0.1) is 0 Å². The van der Waals surface area contributed by atoms with Crippen molar-refractivity contribution < 1.29 is 4.79 Å². The van der Waals surface area contributed by atoms with E-state index in [-0.39, 0.29) is 5.78 Å². The van der Waals surface area contributed by atoms with Crippen LogP contribution in [0.4, 0.5) is 0 Å². The van der Waals surface area contributed by atoms with Crippen molar-refractivity contribution in [2.24, 2.45) is 0 Å². The molecular formula is C8H17NO. The van der Waals surface area contributed by atoms with Crippen LogP contribution in [-0.4, -0.2) is 19.4 Å². The van der Waals surface area contributed by atoms with Gasteiger partial charge < -0.3 is 5.32 Å². The monoisotopic (exact) mass is 143 g/mol. The maximum Gasteiger partial charge on any atom is 0.152 e. The van der Waals surface area contributed by atoms with Crippen molar-refractivity contribution in [1.82, 2.24) is 5.32 Å². The number of hydrogen-bond acceptors (Lipinski definition) is 2. The van der Waals surface area contributed by atoms with E-state index in [9.17, 15) is 4.79 Å². The number of hydrogen-bond donors (Lipinski definition) is 1. The summed E-state index contributed by atoms with van der Waals surface area (Å²) in [5.74, 6) is 0.0975. The number of carbonyl (C=O) groups is 1. The van der Waals surface area contributed by atoms with Crippen LogP contribution < -0.4 is 5.32 Å². The molecule has 0 heterocycles. The first-order valence-electron chi connectivity index (χ1n) is 3.59. The van der Waals surface area contributed by atoms with Gasteiger partial charge in [-0.2, -0.15) is 0 Å². The summed E-state index contributed by atoms with van der Waals surface area (Å²) in [6.07, 6.45) is 3.35. The van der Waals surface area contributed by atoms with Crippen LogP contribution in [0, 0.1) is 0 Å². The summed E-state index contributed by atoms with van der Waals surface area (Å²) in [5.41, 5.74) is 0. The van der Waals surface area contributed by atoms with Crippen molar-refractivity contribution in [3.05, 3.63) is 12.2 Å². The topological polar surface area (TPSA) is 29.1 Å². The lowest BCUT2D eigenvalue weighted by molar-refractivity contribution is -0.112. The van der Waals surface area contributed by atoms with Gasteiger partial charge in [-0.25, -0.2) is 0 Å². The SMILES string of the molecule is CC.CNC/C=C/C(C)=O. The molecule has 1 N–H and O–H groups in total. The highest BCUT2D eigenvalue weighted by atomic mass is 16.1. The van der Waals surface area contributed by atoms with E-state index in [1.807, 2.05) is 20.9 Å². The van der Waals surface area contributed by atoms with Crippen molar-refractivity contribution in [3.8, 4) is 0 Å². The van der Waals surface area contributed by atoms with Crippen LogP contribution in [-0.2, 0) is 4.79 Å². The second-order valence-electron chi connectivity index (χ2n) is 1.57. The summed E-state index contributed by atoms with van der Waals surface area (Å²) >= 11 is 0. The molecule has 60 valence electrons. The fourth-order valence-electron chi connectivity index (χ4n) is 0.343. The van der Waals surface area contributed by atoms with Gasteiger partial charge in [0.1, 0.15) is 0 Å². The Kier molecular flexibility index (Phi) is 13.5. The first-order chi connectivity index (χ1) is 4.77. The molecule has 0 atom stereocenters. The van der Waals surface area contributed by atoms with E-state index in [0.717, 1.165) is 6.54 Å². The van der Waals surface area contributed by atoms with E-state index in [0.29, 0.717) is 0 Å². The van der Waals surface area contributed by atoms with Crippen molar-refractivity contribution in [3.63, 3.8) is 0 Å². The number of rotatable bonds is 3. The lowest BCUT2D eigenvalue weighted by Gasteiger charge is -1.83. The van der Waals surface area contributed by atoms with Crippen LogP contribution in [0.25, 0.3) is 0 Å². The average Bonchev–Trinajstić information content (AvgIpc) is 1.92. The second-order valence-corrected chi connectivity index (χ2v) is 1.57. The summed E-state index contributed by atoms with van der Waals surface area (Å²) in [6.45, 7) is 6.30.